The molecule has 27 heavy (non-hydrogen) atoms. The number of nitrogens with zero attached hydrogens (tertiary/aromatic N) is 2. The number of aryl methyl sites for hydroxylation is 1. The molecule has 0 spiro atoms. The van der Waals surface area contributed by atoms with Crippen LogP contribution < -0.4 is 9.03 Å². The Morgan fingerprint density at radius 3 is 2.59 bits per heavy atom. The summed E-state index contributed by atoms with van der Waals surface area (Å²) in [6.07, 6.45) is 3.15. The van der Waals surface area contributed by atoms with Gasteiger partial charge in [0.05, 0.1) is 22.3 Å². The third kappa shape index (κ3) is 3.87. The number of hydrogen-bond acceptors (Lipinski definition) is 6. The first kappa shape index (κ1) is 19.5. The van der Waals surface area contributed by atoms with Crippen LogP contribution in [0, 0.1) is 12.8 Å². The Morgan fingerprint density at radius 2 is 2.04 bits per heavy atom. The van der Waals surface area contributed by atoms with E-state index in [4.69, 9.17) is 0 Å². The lowest BCUT2D eigenvalue weighted by Crippen LogP contribution is -2.30. The molecule has 1 aliphatic heterocycles. The number of benzene rings is 1. The van der Waals surface area contributed by atoms with E-state index in [-0.39, 0.29) is 22.9 Å². The molecule has 8 nitrogen and oxygen atoms in total. The van der Waals surface area contributed by atoms with E-state index in [1.54, 1.807) is 38.4 Å². The van der Waals surface area contributed by atoms with Gasteiger partial charge >= 0.3 is 0 Å². The van der Waals surface area contributed by atoms with Crippen molar-refractivity contribution in [1.29, 1.82) is 0 Å². The number of hydrogen-bond donors (Lipinski definition) is 1. The minimum atomic E-state index is -3.81. The van der Waals surface area contributed by atoms with Crippen LogP contribution in [0.25, 0.3) is 0 Å². The molecule has 1 unspecified atom stereocenters. The standard InChI is InChI=1S/C17H19N3O5S2/c1-12-8-15(20-17(21)13(2)11-26(20,22)23)5-6-16(12)27(24,25)19-10-14-4-3-7-18-9-14/h3-9,13,19H,10-11H2,1-2H3. The van der Waals surface area contributed by atoms with Crippen LogP contribution in [-0.2, 0) is 31.4 Å². The minimum absolute atomic E-state index is 0.0206. The number of pyridine rings is 1. The van der Waals surface area contributed by atoms with Gasteiger partial charge in [0.1, 0.15) is 0 Å². The van der Waals surface area contributed by atoms with Gasteiger partial charge < -0.3 is 0 Å². The Morgan fingerprint density at radius 1 is 1.30 bits per heavy atom. The number of anilines is 1. The van der Waals surface area contributed by atoms with E-state index in [0.29, 0.717) is 11.1 Å². The van der Waals surface area contributed by atoms with Crippen LogP contribution in [0.3, 0.4) is 0 Å². The molecule has 1 amide bonds. The van der Waals surface area contributed by atoms with E-state index >= 15 is 0 Å². The van der Waals surface area contributed by atoms with Gasteiger partial charge in [0.25, 0.3) is 0 Å². The molecule has 144 valence electrons. The lowest BCUT2D eigenvalue weighted by molar-refractivity contribution is -0.119. The maximum Gasteiger partial charge on any atom is 0.244 e. The SMILES string of the molecule is Cc1cc(N2C(=O)C(C)CS2(=O)=O)ccc1S(=O)(=O)NCc1cccnc1. The first-order valence-corrected chi connectivity index (χ1v) is 11.3. The maximum atomic E-state index is 12.6. The van der Waals surface area contributed by atoms with Crippen molar-refractivity contribution < 1.29 is 21.6 Å². The number of sulfonamides is 2. The van der Waals surface area contributed by atoms with Crippen LogP contribution in [0.15, 0.2) is 47.6 Å². The first-order chi connectivity index (χ1) is 12.6. The summed E-state index contributed by atoms with van der Waals surface area (Å²) < 4.78 is 52.8. The van der Waals surface area contributed by atoms with E-state index < -0.39 is 31.9 Å². The van der Waals surface area contributed by atoms with Crippen molar-refractivity contribution >= 4 is 31.6 Å². The van der Waals surface area contributed by atoms with Gasteiger partial charge in [-0.1, -0.05) is 13.0 Å². The van der Waals surface area contributed by atoms with Gasteiger partial charge in [-0.3, -0.25) is 9.78 Å². The summed E-state index contributed by atoms with van der Waals surface area (Å²) in [6.45, 7) is 3.18. The van der Waals surface area contributed by atoms with Gasteiger partial charge in [0.15, 0.2) is 0 Å². The minimum Gasteiger partial charge on any atom is -0.273 e. The highest BCUT2D eigenvalue weighted by Gasteiger charge is 2.42. The van der Waals surface area contributed by atoms with Crippen molar-refractivity contribution in [2.24, 2.45) is 5.92 Å². The summed E-state index contributed by atoms with van der Waals surface area (Å²) in [6, 6.07) is 7.49. The van der Waals surface area contributed by atoms with E-state index in [1.807, 2.05) is 0 Å². The summed E-state index contributed by atoms with van der Waals surface area (Å²) in [5, 5.41) is 0. The summed E-state index contributed by atoms with van der Waals surface area (Å²) in [5.74, 6) is -1.39. The average molecular weight is 409 g/mol. The van der Waals surface area contributed by atoms with Crippen LogP contribution in [0.2, 0.25) is 0 Å². The van der Waals surface area contributed by atoms with Crippen LogP contribution in [-0.4, -0.2) is 33.5 Å². The number of carbonyl (C=O) groups excluding carboxylic acids is 1. The highest BCUT2D eigenvalue weighted by Crippen LogP contribution is 2.30. The van der Waals surface area contributed by atoms with Crippen LogP contribution >= 0.6 is 0 Å². The second kappa shape index (κ2) is 7.02. The molecule has 1 aromatic carbocycles. The van der Waals surface area contributed by atoms with Crippen LogP contribution in [0.5, 0.6) is 0 Å². The highest BCUT2D eigenvalue weighted by molar-refractivity contribution is 7.94. The van der Waals surface area contributed by atoms with Crippen LogP contribution in [0.4, 0.5) is 5.69 Å². The number of nitrogens with one attached hydrogen (secondary N) is 1. The topological polar surface area (TPSA) is 114 Å². The zero-order valence-electron chi connectivity index (χ0n) is 14.8. The van der Waals surface area contributed by atoms with Gasteiger partial charge in [0, 0.05) is 18.9 Å². The third-order valence-corrected chi connectivity index (χ3v) is 7.66. The van der Waals surface area contributed by atoms with E-state index in [9.17, 15) is 21.6 Å². The molecule has 1 saturated heterocycles. The zero-order valence-corrected chi connectivity index (χ0v) is 16.4. The smallest absolute Gasteiger partial charge is 0.244 e. The summed E-state index contributed by atoms with van der Waals surface area (Å²) >= 11 is 0. The van der Waals surface area contributed by atoms with Crippen molar-refractivity contribution in [3.8, 4) is 0 Å². The highest BCUT2D eigenvalue weighted by atomic mass is 32.2. The average Bonchev–Trinajstić information content (AvgIpc) is 2.81. The lowest BCUT2D eigenvalue weighted by Gasteiger charge is -2.17. The Kier molecular flexibility index (Phi) is 5.06. The summed E-state index contributed by atoms with van der Waals surface area (Å²) in [7, 11) is -7.55. The molecule has 1 fully saturated rings. The zero-order chi connectivity index (χ0) is 19.8. The molecule has 1 N–H and O–H groups in total. The Hall–Kier alpha value is -2.30. The number of aromatic nitrogens is 1. The fraction of sp³-hybridized carbons (Fsp3) is 0.294. The van der Waals surface area contributed by atoms with E-state index in [1.165, 1.54) is 18.2 Å². The normalized spacial score (nSPS) is 19.4. The molecule has 10 heteroatoms. The second-order valence-corrected chi connectivity index (χ2v) is 10.0. The molecule has 3 rings (SSSR count). The number of amides is 1. The summed E-state index contributed by atoms with van der Waals surface area (Å²) in [5.41, 5.74) is 1.19. The molecule has 2 aromatic rings. The summed E-state index contributed by atoms with van der Waals surface area (Å²) in [4.78, 5) is 16.1. The molecule has 0 radical (unpaired) electrons. The van der Waals surface area contributed by atoms with Crippen LogP contribution in [0.1, 0.15) is 18.1 Å². The lowest BCUT2D eigenvalue weighted by atomic mass is 10.2. The monoisotopic (exact) mass is 409 g/mol. The molecule has 2 heterocycles. The fourth-order valence-electron chi connectivity index (χ4n) is 2.91. The van der Waals surface area contributed by atoms with Gasteiger partial charge in [0.2, 0.25) is 26.0 Å². The molecule has 1 aliphatic rings. The van der Waals surface area contributed by atoms with Gasteiger partial charge in [-0.05, 0) is 42.3 Å². The fourth-order valence-corrected chi connectivity index (χ4v) is 5.96. The van der Waals surface area contributed by atoms with Gasteiger partial charge in [-0.25, -0.2) is 25.9 Å². The first-order valence-electron chi connectivity index (χ1n) is 8.18. The van der Waals surface area contributed by atoms with Crippen molar-refractivity contribution in [2.75, 3.05) is 10.1 Å². The van der Waals surface area contributed by atoms with Crippen molar-refractivity contribution in [2.45, 2.75) is 25.3 Å². The van der Waals surface area contributed by atoms with Gasteiger partial charge in [-0.15, -0.1) is 0 Å². The number of rotatable bonds is 5. The Labute approximate surface area is 158 Å². The molecule has 0 aliphatic carbocycles. The predicted octanol–water partition coefficient (Wildman–Crippen LogP) is 1.18. The Balaban J connectivity index is 1.87. The molecule has 0 saturated carbocycles. The largest absolute Gasteiger partial charge is 0.273 e. The quantitative estimate of drug-likeness (QED) is 0.793. The van der Waals surface area contributed by atoms with Crippen molar-refractivity contribution in [3.05, 3.63) is 53.9 Å². The second-order valence-electron chi connectivity index (χ2n) is 6.42. The van der Waals surface area contributed by atoms with Crippen molar-refractivity contribution in [3.63, 3.8) is 0 Å². The molecule has 1 atom stereocenters. The van der Waals surface area contributed by atoms with Crippen molar-refractivity contribution in [1.82, 2.24) is 9.71 Å². The Bertz CT molecular complexity index is 1080. The third-order valence-electron chi connectivity index (χ3n) is 4.23. The molecule has 1 aromatic heterocycles. The van der Waals surface area contributed by atoms with E-state index in [0.717, 1.165) is 4.31 Å². The van der Waals surface area contributed by atoms with Gasteiger partial charge in [-0.2, -0.15) is 0 Å². The molecular weight excluding hydrogens is 390 g/mol. The predicted molar refractivity (Wildman–Crippen MR) is 99.9 cm³/mol. The molecule has 0 bridgehead atoms. The van der Waals surface area contributed by atoms with E-state index in [2.05, 4.69) is 9.71 Å². The maximum absolute atomic E-state index is 12.6. The molecular formula is C17H19N3O5S2. The number of carbonyl (C=O) groups is 1.